The average Bonchev–Trinajstić information content (AvgIpc) is 2.77. The van der Waals surface area contributed by atoms with Gasteiger partial charge in [-0.3, -0.25) is 10.1 Å². The first-order chi connectivity index (χ1) is 15.4. The van der Waals surface area contributed by atoms with Crippen molar-refractivity contribution in [2.45, 2.75) is 26.8 Å². The van der Waals surface area contributed by atoms with Gasteiger partial charge in [0.15, 0.2) is 0 Å². The quantitative estimate of drug-likeness (QED) is 0.506. The van der Waals surface area contributed by atoms with E-state index in [4.69, 9.17) is 10.00 Å². The lowest BCUT2D eigenvalue weighted by Gasteiger charge is -2.16. The predicted molar refractivity (Wildman–Crippen MR) is 124 cm³/mol. The summed E-state index contributed by atoms with van der Waals surface area (Å²) in [6, 6.07) is 20.4. The van der Waals surface area contributed by atoms with Gasteiger partial charge in [-0.1, -0.05) is 29.8 Å². The first-order valence-electron chi connectivity index (χ1n) is 10.1. The number of hydrogen-bond donors (Lipinski definition) is 3. The van der Waals surface area contributed by atoms with E-state index >= 15 is 0 Å². The van der Waals surface area contributed by atoms with Crippen LogP contribution in [0.3, 0.4) is 0 Å². The standard InChI is InChI=1S/C25H24N4O3/c1-16-8-13-22(17(2)14-16)28-25(31)29-24(30)18(3)27-20-9-11-21(12-10-20)32-23-7-5-4-6-19(23)15-26/h4-14,18,27H,1-3H3,(H2,28,29,30,31). The zero-order chi connectivity index (χ0) is 23.1. The number of ether oxygens (including phenoxy) is 1. The Morgan fingerprint density at radius 1 is 1.00 bits per heavy atom. The van der Waals surface area contributed by atoms with E-state index in [0.717, 1.165) is 11.1 Å². The molecular weight excluding hydrogens is 404 g/mol. The third-order valence-electron chi connectivity index (χ3n) is 4.73. The molecule has 0 saturated heterocycles. The molecule has 3 aromatic rings. The number of hydrogen-bond acceptors (Lipinski definition) is 5. The van der Waals surface area contributed by atoms with Crippen molar-refractivity contribution in [3.05, 3.63) is 83.4 Å². The molecule has 0 aromatic heterocycles. The van der Waals surface area contributed by atoms with Gasteiger partial charge in [0, 0.05) is 11.4 Å². The molecule has 0 radical (unpaired) electrons. The molecule has 3 N–H and O–H groups in total. The number of benzene rings is 3. The highest BCUT2D eigenvalue weighted by Gasteiger charge is 2.16. The Balaban J connectivity index is 1.54. The molecule has 1 atom stereocenters. The monoisotopic (exact) mass is 428 g/mol. The second-order valence-electron chi connectivity index (χ2n) is 7.36. The molecule has 1 unspecified atom stereocenters. The summed E-state index contributed by atoms with van der Waals surface area (Å²) in [5.41, 5.74) is 3.78. The molecule has 7 heteroatoms. The molecule has 0 fully saturated rings. The number of rotatable bonds is 6. The van der Waals surface area contributed by atoms with Crippen LogP contribution in [-0.2, 0) is 4.79 Å². The Kier molecular flexibility index (Phi) is 7.09. The molecule has 0 aliphatic rings. The maximum atomic E-state index is 12.4. The Morgan fingerprint density at radius 3 is 2.41 bits per heavy atom. The molecule has 0 aliphatic carbocycles. The van der Waals surface area contributed by atoms with Gasteiger partial charge in [0.1, 0.15) is 23.6 Å². The Morgan fingerprint density at radius 2 is 1.72 bits per heavy atom. The molecule has 3 rings (SSSR count). The van der Waals surface area contributed by atoms with Crippen molar-refractivity contribution >= 4 is 23.3 Å². The SMILES string of the molecule is Cc1ccc(NC(=O)NC(=O)C(C)Nc2ccc(Oc3ccccc3C#N)cc2)c(C)c1. The van der Waals surface area contributed by atoms with Crippen LogP contribution >= 0.6 is 0 Å². The lowest BCUT2D eigenvalue weighted by Crippen LogP contribution is -2.43. The number of anilines is 2. The Labute approximate surface area is 187 Å². The van der Waals surface area contributed by atoms with Gasteiger partial charge in [-0.2, -0.15) is 5.26 Å². The van der Waals surface area contributed by atoms with Gasteiger partial charge in [-0.25, -0.2) is 4.79 Å². The van der Waals surface area contributed by atoms with Crippen molar-refractivity contribution in [2.75, 3.05) is 10.6 Å². The van der Waals surface area contributed by atoms with Crippen LogP contribution in [0.5, 0.6) is 11.5 Å². The number of amides is 3. The van der Waals surface area contributed by atoms with Crippen molar-refractivity contribution in [3.63, 3.8) is 0 Å². The lowest BCUT2D eigenvalue weighted by molar-refractivity contribution is -0.120. The fraction of sp³-hybridized carbons (Fsp3) is 0.160. The maximum absolute atomic E-state index is 12.4. The van der Waals surface area contributed by atoms with E-state index in [1.54, 1.807) is 61.5 Å². The van der Waals surface area contributed by atoms with Crippen molar-refractivity contribution in [1.29, 1.82) is 5.26 Å². The minimum absolute atomic E-state index is 0.444. The summed E-state index contributed by atoms with van der Waals surface area (Å²) in [5.74, 6) is 0.567. The topological polar surface area (TPSA) is 103 Å². The number of nitrogens with zero attached hydrogens (tertiary/aromatic N) is 1. The van der Waals surface area contributed by atoms with E-state index in [0.29, 0.717) is 28.4 Å². The van der Waals surface area contributed by atoms with Crippen LogP contribution in [0.15, 0.2) is 66.7 Å². The average molecular weight is 428 g/mol. The molecule has 0 spiro atoms. The molecule has 0 heterocycles. The highest BCUT2D eigenvalue weighted by Crippen LogP contribution is 2.26. The summed E-state index contributed by atoms with van der Waals surface area (Å²) in [6.07, 6.45) is 0. The fourth-order valence-electron chi connectivity index (χ4n) is 3.04. The molecule has 0 aliphatic heterocycles. The molecule has 0 saturated carbocycles. The second-order valence-corrected chi connectivity index (χ2v) is 7.36. The lowest BCUT2D eigenvalue weighted by atomic mass is 10.1. The normalized spacial score (nSPS) is 11.1. The summed E-state index contributed by atoms with van der Waals surface area (Å²) in [4.78, 5) is 24.6. The number of urea groups is 1. The van der Waals surface area contributed by atoms with E-state index in [2.05, 4.69) is 22.0 Å². The summed E-state index contributed by atoms with van der Waals surface area (Å²) in [5, 5.41) is 17.2. The van der Waals surface area contributed by atoms with E-state index in [-0.39, 0.29) is 0 Å². The minimum Gasteiger partial charge on any atom is -0.456 e. The van der Waals surface area contributed by atoms with Gasteiger partial charge < -0.3 is 15.4 Å². The molecule has 32 heavy (non-hydrogen) atoms. The van der Waals surface area contributed by atoms with E-state index in [9.17, 15) is 9.59 Å². The van der Waals surface area contributed by atoms with Crippen LogP contribution in [0.25, 0.3) is 0 Å². The Bertz CT molecular complexity index is 1170. The zero-order valence-electron chi connectivity index (χ0n) is 18.1. The molecule has 3 aromatic carbocycles. The van der Waals surface area contributed by atoms with Gasteiger partial charge in [0.2, 0.25) is 5.91 Å². The van der Waals surface area contributed by atoms with Crippen LogP contribution in [0.1, 0.15) is 23.6 Å². The number of carbonyl (C=O) groups excluding carboxylic acids is 2. The van der Waals surface area contributed by atoms with Crippen LogP contribution in [0.2, 0.25) is 0 Å². The fourth-order valence-corrected chi connectivity index (χ4v) is 3.04. The van der Waals surface area contributed by atoms with Gasteiger partial charge in [-0.05, 0) is 68.8 Å². The van der Waals surface area contributed by atoms with Crippen LogP contribution in [-0.4, -0.2) is 18.0 Å². The van der Waals surface area contributed by atoms with Crippen molar-refractivity contribution in [2.24, 2.45) is 0 Å². The van der Waals surface area contributed by atoms with Gasteiger partial charge in [0.25, 0.3) is 0 Å². The number of aryl methyl sites for hydroxylation is 2. The van der Waals surface area contributed by atoms with Crippen LogP contribution < -0.4 is 20.7 Å². The van der Waals surface area contributed by atoms with E-state index < -0.39 is 18.0 Å². The van der Waals surface area contributed by atoms with Crippen LogP contribution in [0, 0.1) is 25.2 Å². The van der Waals surface area contributed by atoms with Crippen molar-refractivity contribution in [1.82, 2.24) is 5.32 Å². The predicted octanol–water partition coefficient (Wildman–Crippen LogP) is 5.12. The summed E-state index contributed by atoms with van der Waals surface area (Å²) < 4.78 is 5.75. The van der Waals surface area contributed by atoms with Gasteiger partial charge in [-0.15, -0.1) is 0 Å². The first kappa shape index (κ1) is 22.4. The summed E-state index contributed by atoms with van der Waals surface area (Å²) in [7, 11) is 0. The van der Waals surface area contributed by atoms with Crippen LogP contribution in [0.4, 0.5) is 16.2 Å². The highest BCUT2D eigenvalue weighted by molar-refractivity contribution is 6.03. The number of imide groups is 1. The zero-order valence-corrected chi connectivity index (χ0v) is 18.1. The molecule has 7 nitrogen and oxygen atoms in total. The number of para-hydroxylation sites is 1. The number of carbonyl (C=O) groups is 2. The summed E-state index contributed by atoms with van der Waals surface area (Å²) in [6.45, 7) is 5.52. The largest absolute Gasteiger partial charge is 0.456 e. The number of nitriles is 1. The summed E-state index contributed by atoms with van der Waals surface area (Å²) >= 11 is 0. The molecule has 162 valence electrons. The van der Waals surface area contributed by atoms with E-state index in [1.165, 1.54) is 0 Å². The second kappa shape index (κ2) is 10.1. The van der Waals surface area contributed by atoms with E-state index in [1.807, 2.05) is 26.0 Å². The molecule has 0 bridgehead atoms. The smallest absolute Gasteiger partial charge is 0.325 e. The van der Waals surface area contributed by atoms with Gasteiger partial charge >= 0.3 is 6.03 Å². The minimum atomic E-state index is -0.647. The maximum Gasteiger partial charge on any atom is 0.325 e. The van der Waals surface area contributed by atoms with Gasteiger partial charge in [0.05, 0.1) is 5.56 Å². The molecular formula is C25H24N4O3. The third kappa shape index (κ3) is 5.86. The third-order valence-corrected chi connectivity index (χ3v) is 4.73. The van der Waals surface area contributed by atoms with Crippen molar-refractivity contribution in [3.8, 4) is 17.6 Å². The molecule has 3 amide bonds. The highest BCUT2D eigenvalue weighted by atomic mass is 16.5. The van der Waals surface area contributed by atoms with Crippen molar-refractivity contribution < 1.29 is 14.3 Å². The first-order valence-corrected chi connectivity index (χ1v) is 10.1. The number of nitrogens with one attached hydrogen (secondary N) is 3. The Hall–Kier alpha value is -4.31.